The molecule has 116 valence electrons. The van der Waals surface area contributed by atoms with Gasteiger partial charge in [-0.2, -0.15) is 5.09 Å². The monoisotopic (exact) mass is 320 g/mol. The van der Waals surface area contributed by atoms with Gasteiger partial charge in [0.2, 0.25) is 0 Å². The third kappa shape index (κ3) is 3.52. The zero-order valence-electron chi connectivity index (χ0n) is 13.5. The van der Waals surface area contributed by atoms with Crippen molar-refractivity contribution in [2.75, 3.05) is 6.54 Å². The first-order chi connectivity index (χ1) is 11.3. The third-order valence-corrected chi connectivity index (χ3v) is 8.14. The predicted octanol–water partition coefficient (Wildman–Crippen LogP) is 4.38. The molecule has 23 heavy (non-hydrogen) atoms. The molecule has 2 heteroatoms. The topological polar surface area (TPSA) is 12.0 Å². The van der Waals surface area contributed by atoms with Crippen LogP contribution in [0.4, 0.5) is 0 Å². The van der Waals surface area contributed by atoms with Crippen LogP contribution < -0.4 is 15.7 Å². The molecule has 0 radical (unpaired) electrons. The van der Waals surface area contributed by atoms with Gasteiger partial charge in [0.05, 0.1) is 0 Å². The number of rotatable bonds is 6. The molecule has 0 saturated carbocycles. The van der Waals surface area contributed by atoms with Gasteiger partial charge in [-0.25, -0.2) is 0 Å². The molecule has 1 N–H and O–H groups in total. The molecule has 0 aliphatic rings. The molecular formula is C21H23NP+. The molecule has 0 heterocycles. The lowest BCUT2D eigenvalue weighted by Crippen LogP contribution is -2.34. The molecule has 3 aromatic carbocycles. The quantitative estimate of drug-likeness (QED) is 0.665. The summed E-state index contributed by atoms with van der Waals surface area (Å²) >= 11 is 0. The lowest BCUT2D eigenvalue weighted by Gasteiger charge is -2.27. The van der Waals surface area contributed by atoms with E-state index in [0.29, 0.717) is 0 Å². The van der Waals surface area contributed by atoms with Crippen LogP contribution in [0, 0.1) is 0 Å². The normalized spacial score (nSPS) is 11.3. The lowest BCUT2D eigenvalue weighted by molar-refractivity contribution is 1.00. The van der Waals surface area contributed by atoms with Crippen molar-refractivity contribution in [2.24, 2.45) is 0 Å². The lowest BCUT2D eigenvalue weighted by atomic mass is 10.2. The molecule has 0 aliphatic carbocycles. The third-order valence-electron chi connectivity index (χ3n) is 4.08. The van der Waals surface area contributed by atoms with Gasteiger partial charge < -0.3 is 0 Å². The first kappa shape index (κ1) is 15.9. The Morgan fingerprint density at radius 2 is 1.09 bits per heavy atom. The minimum Gasteiger partial charge on any atom is -0.183 e. The SMILES string of the molecule is CCN[P+](Cc1ccccc1)(c1ccccc1)c1ccccc1. The van der Waals surface area contributed by atoms with E-state index in [-0.39, 0.29) is 0 Å². The molecular weight excluding hydrogens is 297 g/mol. The number of hydrogen-bond donors (Lipinski definition) is 1. The molecule has 0 fully saturated rings. The van der Waals surface area contributed by atoms with Crippen LogP contribution in [0.1, 0.15) is 12.5 Å². The van der Waals surface area contributed by atoms with Gasteiger partial charge in [0.25, 0.3) is 0 Å². The molecule has 0 atom stereocenters. The molecule has 0 amide bonds. The van der Waals surface area contributed by atoms with E-state index in [9.17, 15) is 0 Å². The maximum Gasteiger partial charge on any atom is 0.150 e. The van der Waals surface area contributed by atoms with E-state index >= 15 is 0 Å². The Hall–Kier alpha value is -1.95. The summed E-state index contributed by atoms with van der Waals surface area (Å²) in [5, 5.41) is 6.72. The van der Waals surface area contributed by atoms with Crippen LogP contribution in [-0.4, -0.2) is 6.54 Å². The summed E-state index contributed by atoms with van der Waals surface area (Å²) in [6.45, 7) is 3.16. The summed E-state index contributed by atoms with van der Waals surface area (Å²) in [5.74, 6) is 0. The number of nitrogens with one attached hydrogen (secondary N) is 1. The van der Waals surface area contributed by atoms with Crippen molar-refractivity contribution < 1.29 is 0 Å². The molecule has 3 rings (SSSR count). The fourth-order valence-corrected chi connectivity index (χ4v) is 6.86. The van der Waals surface area contributed by atoms with Crippen molar-refractivity contribution in [3.63, 3.8) is 0 Å². The summed E-state index contributed by atoms with van der Waals surface area (Å²) in [6.07, 6.45) is 1.04. The Morgan fingerprint density at radius 1 is 0.652 bits per heavy atom. The molecule has 1 nitrogen and oxygen atoms in total. The van der Waals surface area contributed by atoms with Crippen molar-refractivity contribution in [2.45, 2.75) is 13.1 Å². The van der Waals surface area contributed by atoms with E-state index < -0.39 is 7.41 Å². The van der Waals surface area contributed by atoms with E-state index in [2.05, 4.69) is 103 Å². The molecule has 0 aromatic heterocycles. The Morgan fingerprint density at radius 3 is 1.52 bits per heavy atom. The van der Waals surface area contributed by atoms with E-state index in [1.165, 1.54) is 16.2 Å². The van der Waals surface area contributed by atoms with Crippen LogP contribution in [0.15, 0.2) is 91.0 Å². The standard InChI is InChI=1S/C21H23NP/c1-2-22-23(20-14-8-4-9-15-20,21-16-10-5-11-17-21)18-19-12-6-3-7-13-19/h3-17,22H,2,18H2,1H3/q+1. The Labute approximate surface area is 139 Å². The Kier molecular flexibility index (Phi) is 5.23. The second-order valence-electron chi connectivity index (χ2n) is 5.64. The average molecular weight is 320 g/mol. The highest BCUT2D eigenvalue weighted by Crippen LogP contribution is 2.55. The second kappa shape index (κ2) is 7.55. The summed E-state index contributed by atoms with van der Waals surface area (Å²) in [7, 11) is -1.67. The van der Waals surface area contributed by atoms with E-state index in [4.69, 9.17) is 0 Å². The fraction of sp³-hybridized carbons (Fsp3) is 0.143. The minimum atomic E-state index is -1.67. The van der Waals surface area contributed by atoms with Crippen molar-refractivity contribution in [3.8, 4) is 0 Å². The second-order valence-corrected chi connectivity index (χ2v) is 8.92. The minimum absolute atomic E-state index is 0.963. The van der Waals surface area contributed by atoms with Gasteiger partial charge in [0.15, 0.2) is 0 Å². The molecule has 0 aliphatic heterocycles. The zero-order valence-corrected chi connectivity index (χ0v) is 14.4. The number of hydrogen-bond acceptors (Lipinski definition) is 1. The molecule has 0 bridgehead atoms. The summed E-state index contributed by atoms with van der Waals surface area (Å²) in [4.78, 5) is 0. The molecule has 0 unspecified atom stereocenters. The van der Waals surface area contributed by atoms with E-state index in [1.807, 2.05) is 0 Å². The van der Waals surface area contributed by atoms with Crippen LogP contribution in [0.3, 0.4) is 0 Å². The van der Waals surface area contributed by atoms with Crippen LogP contribution in [0.2, 0.25) is 0 Å². The predicted molar refractivity (Wildman–Crippen MR) is 103 cm³/mol. The van der Waals surface area contributed by atoms with Crippen molar-refractivity contribution in [1.82, 2.24) is 5.09 Å². The van der Waals surface area contributed by atoms with Gasteiger partial charge in [0.1, 0.15) is 24.2 Å². The maximum atomic E-state index is 3.89. The molecule has 3 aromatic rings. The van der Waals surface area contributed by atoms with Crippen LogP contribution in [-0.2, 0) is 6.16 Å². The van der Waals surface area contributed by atoms with Gasteiger partial charge in [-0.1, -0.05) is 66.7 Å². The highest BCUT2D eigenvalue weighted by Gasteiger charge is 2.42. The number of benzene rings is 3. The van der Waals surface area contributed by atoms with Crippen molar-refractivity contribution >= 4 is 18.0 Å². The highest BCUT2D eigenvalue weighted by molar-refractivity contribution is 7.87. The summed E-state index contributed by atoms with van der Waals surface area (Å²) in [6, 6.07) is 32.7. The van der Waals surface area contributed by atoms with Crippen molar-refractivity contribution in [3.05, 3.63) is 96.6 Å². The Bertz CT molecular complexity index is 671. The smallest absolute Gasteiger partial charge is 0.150 e. The van der Waals surface area contributed by atoms with E-state index in [0.717, 1.165) is 12.7 Å². The molecule has 0 saturated heterocycles. The zero-order chi connectivity index (χ0) is 16.0. The van der Waals surface area contributed by atoms with Gasteiger partial charge >= 0.3 is 0 Å². The molecule has 0 spiro atoms. The maximum absolute atomic E-state index is 3.89. The average Bonchev–Trinajstić information content (AvgIpc) is 2.64. The summed E-state index contributed by atoms with van der Waals surface area (Å²) < 4.78 is 0. The van der Waals surface area contributed by atoms with Gasteiger partial charge in [-0.15, -0.1) is 0 Å². The van der Waals surface area contributed by atoms with Crippen LogP contribution in [0.5, 0.6) is 0 Å². The highest BCUT2D eigenvalue weighted by atomic mass is 31.2. The van der Waals surface area contributed by atoms with Crippen LogP contribution in [0.25, 0.3) is 0 Å². The van der Waals surface area contributed by atoms with Gasteiger partial charge in [-0.3, -0.25) is 0 Å². The fourth-order valence-electron chi connectivity index (χ4n) is 3.06. The Balaban J connectivity index is 2.14. The summed E-state index contributed by atoms with van der Waals surface area (Å²) in [5.41, 5.74) is 1.38. The van der Waals surface area contributed by atoms with Gasteiger partial charge in [0, 0.05) is 6.54 Å². The van der Waals surface area contributed by atoms with E-state index in [1.54, 1.807) is 0 Å². The van der Waals surface area contributed by atoms with Crippen LogP contribution >= 0.6 is 7.41 Å². The van der Waals surface area contributed by atoms with Gasteiger partial charge in [-0.05, 0) is 36.8 Å². The first-order valence-electron chi connectivity index (χ1n) is 8.13. The largest absolute Gasteiger partial charge is 0.183 e. The van der Waals surface area contributed by atoms with Crippen molar-refractivity contribution in [1.29, 1.82) is 0 Å². The first-order valence-corrected chi connectivity index (χ1v) is 10.1.